The van der Waals surface area contributed by atoms with Gasteiger partial charge in [0.1, 0.15) is 11.4 Å². The van der Waals surface area contributed by atoms with Gasteiger partial charge in [-0.3, -0.25) is 0 Å². The minimum absolute atomic E-state index is 0.270. The molecule has 0 N–H and O–H groups in total. The third kappa shape index (κ3) is 3.38. The quantitative estimate of drug-likeness (QED) is 0.841. The van der Waals surface area contributed by atoms with Crippen molar-refractivity contribution in [1.82, 2.24) is 4.90 Å². The zero-order valence-corrected chi connectivity index (χ0v) is 13.4. The molecule has 1 aromatic rings. The first kappa shape index (κ1) is 16.3. The molecule has 1 fully saturated rings. The predicted octanol–water partition coefficient (Wildman–Crippen LogP) is 3.44. The number of hydrogen-bond donors (Lipinski definition) is 0. The molecule has 1 amide bonds. The van der Waals surface area contributed by atoms with Crippen molar-refractivity contribution in [2.45, 2.75) is 39.7 Å². The van der Waals surface area contributed by atoms with Gasteiger partial charge in [0, 0.05) is 13.1 Å². The van der Waals surface area contributed by atoms with Crippen LogP contribution in [0.2, 0.25) is 0 Å². The minimum Gasteiger partial charge on any atom is -0.444 e. The van der Waals surface area contributed by atoms with Crippen molar-refractivity contribution in [2.24, 2.45) is 5.41 Å². The number of nitriles is 1. The van der Waals surface area contributed by atoms with Crippen LogP contribution in [0.1, 0.15) is 31.9 Å². The number of hydrogen-bond acceptors (Lipinski definition) is 3. The number of benzene rings is 1. The Kier molecular flexibility index (Phi) is 4.15. The van der Waals surface area contributed by atoms with E-state index in [4.69, 9.17) is 4.74 Å². The zero-order chi connectivity index (χ0) is 16.5. The number of rotatable bonds is 2. The average molecular weight is 304 g/mol. The lowest BCUT2D eigenvalue weighted by Gasteiger charge is -2.45. The highest BCUT2D eigenvalue weighted by atomic mass is 19.1. The Morgan fingerprint density at radius 3 is 2.59 bits per heavy atom. The van der Waals surface area contributed by atoms with Crippen LogP contribution in [0.5, 0.6) is 0 Å². The first-order valence-corrected chi connectivity index (χ1v) is 7.29. The van der Waals surface area contributed by atoms with Crippen LogP contribution >= 0.6 is 0 Å². The van der Waals surface area contributed by atoms with Crippen LogP contribution in [0.4, 0.5) is 9.18 Å². The summed E-state index contributed by atoms with van der Waals surface area (Å²) in [4.78, 5) is 13.4. The fourth-order valence-corrected chi connectivity index (χ4v) is 2.59. The Morgan fingerprint density at radius 1 is 1.45 bits per heavy atom. The van der Waals surface area contributed by atoms with Crippen molar-refractivity contribution in [2.75, 3.05) is 13.1 Å². The van der Waals surface area contributed by atoms with Gasteiger partial charge in [-0.25, -0.2) is 9.18 Å². The van der Waals surface area contributed by atoms with E-state index in [2.05, 4.69) is 6.07 Å². The Morgan fingerprint density at radius 2 is 2.09 bits per heavy atom. The second-order valence-corrected chi connectivity index (χ2v) is 6.94. The summed E-state index contributed by atoms with van der Waals surface area (Å²) in [5.74, 6) is -0.301. The molecular weight excluding hydrogens is 283 g/mol. The molecule has 1 aliphatic heterocycles. The van der Waals surface area contributed by atoms with Crippen LogP contribution in [0, 0.1) is 29.5 Å². The Balaban J connectivity index is 2.06. The molecule has 1 saturated heterocycles. The largest absolute Gasteiger partial charge is 0.444 e. The number of halogens is 1. The number of amides is 1. The van der Waals surface area contributed by atoms with Crippen molar-refractivity contribution in [3.63, 3.8) is 0 Å². The predicted molar refractivity (Wildman–Crippen MR) is 80.7 cm³/mol. The summed E-state index contributed by atoms with van der Waals surface area (Å²) >= 11 is 0. The van der Waals surface area contributed by atoms with E-state index in [1.54, 1.807) is 26.8 Å². The molecule has 1 aromatic carbocycles. The van der Waals surface area contributed by atoms with E-state index < -0.39 is 17.1 Å². The molecule has 0 aliphatic carbocycles. The number of carbonyl (C=O) groups excluding carboxylic acids is 1. The first-order valence-electron chi connectivity index (χ1n) is 7.29. The molecule has 0 atom stereocenters. The van der Waals surface area contributed by atoms with Gasteiger partial charge in [-0.1, -0.05) is 12.1 Å². The minimum atomic E-state index is -0.732. The molecule has 2 rings (SSSR count). The summed E-state index contributed by atoms with van der Waals surface area (Å²) in [7, 11) is 0. The van der Waals surface area contributed by atoms with Crippen molar-refractivity contribution in [3.8, 4) is 6.07 Å². The number of nitrogens with zero attached hydrogens (tertiary/aromatic N) is 2. The molecule has 118 valence electrons. The Hall–Kier alpha value is -2.09. The monoisotopic (exact) mass is 304 g/mol. The molecule has 1 heterocycles. The van der Waals surface area contributed by atoms with Gasteiger partial charge >= 0.3 is 6.09 Å². The van der Waals surface area contributed by atoms with Crippen LogP contribution in [0.15, 0.2) is 18.2 Å². The highest BCUT2D eigenvalue weighted by Gasteiger charge is 2.47. The molecule has 4 nitrogen and oxygen atoms in total. The fraction of sp³-hybridized carbons (Fsp3) is 0.529. The normalized spacial score (nSPS) is 16.6. The maximum Gasteiger partial charge on any atom is 0.410 e. The Bertz CT molecular complexity index is 602. The van der Waals surface area contributed by atoms with Gasteiger partial charge in [-0.05, 0) is 51.3 Å². The topological polar surface area (TPSA) is 53.3 Å². The van der Waals surface area contributed by atoms with E-state index in [9.17, 15) is 14.4 Å². The van der Waals surface area contributed by atoms with E-state index >= 15 is 0 Å². The van der Waals surface area contributed by atoms with Gasteiger partial charge in [-0.2, -0.15) is 5.26 Å². The summed E-state index contributed by atoms with van der Waals surface area (Å²) in [6.45, 7) is 7.76. The smallest absolute Gasteiger partial charge is 0.410 e. The lowest BCUT2D eigenvalue weighted by Crippen LogP contribution is -2.59. The standard InChI is InChI=1S/C17H21FN2O2/c1-12-6-5-7-14(18)13(12)8-17(9-19)10-20(11-17)15(21)22-16(2,3)4/h5-7H,8,10-11H2,1-4H3. The maximum absolute atomic E-state index is 13.9. The molecular formula is C17H21FN2O2. The highest BCUT2D eigenvalue weighted by molar-refractivity contribution is 5.69. The van der Waals surface area contributed by atoms with Gasteiger partial charge in [0.15, 0.2) is 0 Å². The van der Waals surface area contributed by atoms with Crippen LogP contribution in [-0.2, 0) is 11.2 Å². The molecule has 0 bridgehead atoms. The number of carbonyl (C=O) groups is 1. The van der Waals surface area contributed by atoms with E-state index in [0.29, 0.717) is 12.0 Å². The van der Waals surface area contributed by atoms with Crippen LogP contribution in [0.25, 0.3) is 0 Å². The summed E-state index contributed by atoms with van der Waals surface area (Å²) in [6, 6.07) is 7.13. The fourth-order valence-electron chi connectivity index (χ4n) is 2.59. The van der Waals surface area contributed by atoms with Crippen LogP contribution in [0.3, 0.4) is 0 Å². The third-order valence-corrected chi connectivity index (χ3v) is 3.74. The number of likely N-dealkylation sites (tertiary alicyclic amines) is 1. The highest BCUT2D eigenvalue weighted by Crippen LogP contribution is 2.36. The lowest BCUT2D eigenvalue weighted by atomic mass is 9.75. The van der Waals surface area contributed by atoms with Gasteiger partial charge in [0.05, 0.1) is 11.5 Å². The molecule has 0 radical (unpaired) electrons. The molecule has 0 spiro atoms. The van der Waals surface area contributed by atoms with Crippen molar-refractivity contribution < 1.29 is 13.9 Å². The van der Waals surface area contributed by atoms with Crippen LogP contribution < -0.4 is 0 Å². The summed E-state index contributed by atoms with van der Waals surface area (Å²) in [5, 5.41) is 9.46. The number of ether oxygens (including phenoxy) is 1. The van der Waals surface area contributed by atoms with E-state index in [1.165, 1.54) is 11.0 Å². The van der Waals surface area contributed by atoms with Gasteiger partial charge < -0.3 is 9.64 Å². The summed E-state index contributed by atoms with van der Waals surface area (Å²) in [5.41, 5.74) is 0.0757. The Labute approximate surface area is 130 Å². The molecule has 0 unspecified atom stereocenters. The van der Waals surface area contributed by atoms with Gasteiger partial charge in [0.2, 0.25) is 0 Å². The summed E-state index contributed by atoms with van der Waals surface area (Å²) < 4.78 is 19.2. The lowest BCUT2D eigenvalue weighted by molar-refractivity contribution is -0.0163. The van der Waals surface area contributed by atoms with E-state index in [-0.39, 0.29) is 18.9 Å². The second-order valence-electron chi connectivity index (χ2n) is 6.94. The molecule has 5 heteroatoms. The van der Waals surface area contributed by atoms with Crippen molar-refractivity contribution >= 4 is 6.09 Å². The molecule has 0 saturated carbocycles. The first-order chi connectivity index (χ1) is 10.2. The maximum atomic E-state index is 13.9. The zero-order valence-electron chi connectivity index (χ0n) is 13.4. The molecule has 22 heavy (non-hydrogen) atoms. The second kappa shape index (κ2) is 5.60. The van der Waals surface area contributed by atoms with E-state index in [1.807, 2.05) is 13.0 Å². The molecule has 1 aliphatic rings. The van der Waals surface area contributed by atoms with E-state index in [0.717, 1.165) is 5.56 Å². The van der Waals surface area contributed by atoms with Crippen molar-refractivity contribution in [3.05, 3.63) is 35.1 Å². The van der Waals surface area contributed by atoms with Crippen LogP contribution in [-0.4, -0.2) is 29.7 Å². The SMILES string of the molecule is Cc1cccc(F)c1CC1(C#N)CN(C(=O)OC(C)(C)C)C1. The summed E-state index contributed by atoms with van der Waals surface area (Å²) in [6.07, 6.45) is -0.120. The average Bonchev–Trinajstić information content (AvgIpc) is 2.34. The molecule has 0 aromatic heterocycles. The van der Waals surface area contributed by atoms with Gasteiger partial charge in [-0.15, -0.1) is 0 Å². The van der Waals surface area contributed by atoms with Crippen molar-refractivity contribution in [1.29, 1.82) is 5.26 Å². The van der Waals surface area contributed by atoms with Gasteiger partial charge in [0.25, 0.3) is 0 Å². The third-order valence-electron chi connectivity index (χ3n) is 3.74. The number of aryl methyl sites for hydroxylation is 1.